The maximum Gasteiger partial charge on any atom is 0.123 e. The lowest BCUT2D eigenvalue weighted by atomic mass is 9.98. The first kappa shape index (κ1) is 15.8. The third-order valence-electron chi connectivity index (χ3n) is 2.97. The lowest BCUT2D eigenvalue weighted by Crippen LogP contribution is -2.22. The van der Waals surface area contributed by atoms with Crippen molar-refractivity contribution in [2.75, 3.05) is 6.54 Å². The molecule has 0 aromatic heterocycles. The van der Waals surface area contributed by atoms with Crippen LogP contribution in [0.25, 0.3) is 0 Å². The first-order chi connectivity index (χ1) is 9.54. The molecule has 5 heteroatoms. The van der Waals surface area contributed by atoms with Gasteiger partial charge in [0.2, 0.25) is 0 Å². The number of halogens is 4. The molecule has 0 saturated heterocycles. The third-order valence-corrected chi connectivity index (χ3v) is 4.62. The summed E-state index contributed by atoms with van der Waals surface area (Å²) < 4.78 is 14.3. The Bertz CT molecular complexity index is 617. The molecule has 0 aliphatic heterocycles. The van der Waals surface area contributed by atoms with Gasteiger partial charge in [0.05, 0.1) is 11.1 Å². The predicted octanol–water partition coefficient (Wildman–Crippen LogP) is 5.59. The van der Waals surface area contributed by atoms with Crippen LogP contribution in [0.1, 0.15) is 24.1 Å². The van der Waals surface area contributed by atoms with Crippen molar-refractivity contribution in [3.05, 3.63) is 67.9 Å². The zero-order valence-electron chi connectivity index (χ0n) is 10.8. The SMILES string of the molecule is CCNC(c1cc(F)ccc1Cl)c1cccc(Br)c1Cl. The van der Waals surface area contributed by atoms with Crippen molar-refractivity contribution in [1.29, 1.82) is 0 Å². The number of hydrogen-bond donors (Lipinski definition) is 1. The molecule has 0 aliphatic carbocycles. The van der Waals surface area contributed by atoms with Crippen LogP contribution in [-0.2, 0) is 0 Å². The highest BCUT2D eigenvalue weighted by Crippen LogP contribution is 2.36. The smallest absolute Gasteiger partial charge is 0.123 e. The van der Waals surface area contributed by atoms with Gasteiger partial charge in [-0.15, -0.1) is 0 Å². The van der Waals surface area contributed by atoms with Crippen LogP contribution < -0.4 is 5.32 Å². The molecule has 0 saturated carbocycles. The lowest BCUT2D eigenvalue weighted by Gasteiger charge is -2.21. The van der Waals surface area contributed by atoms with E-state index >= 15 is 0 Å². The van der Waals surface area contributed by atoms with Gasteiger partial charge in [-0.05, 0) is 57.9 Å². The summed E-state index contributed by atoms with van der Waals surface area (Å²) in [5, 5.41) is 4.40. The van der Waals surface area contributed by atoms with E-state index in [0.29, 0.717) is 22.2 Å². The van der Waals surface area contributed by atoms with Crippen LogP contribution in [0.15, 0.2) is 40.9 Å². The van der Waals surface area contributed by atoms with E-state index in [2.05, 4.69) is 21.2 Å². The molecule has 106 valence electrons. The quantitative estimate of drug-likeness (QED) is 0.732. The minimum atomic E-state index is -0.321. The van der Waals surface area contributed by atoms with Crippen LogP contribution in [-0.4, -0.2) is 6.54 Å². The minimum Gasteiger partial charge on any atom is -0.306 e. The average molecular weight is 377 g/mol. The first-order valence-electron chi connectivity index (χ1n) is 6.16. The van der Waals surface area contributed by atoms with Gasteiger partial charge in [0.15, 0.2) is 0 Å². The maximum absolute atomic E-state index is 13.5. The monoisotopic (exact) mass is 375 g/mol. The Morgan fingerprint density at radius 3 is 2.65 bits per heavy atom. The summed E-state index contributed by atoms with van der Waals surface area (Å²) in [6.07, 6.45) is 0. The topological polar surface area (TPSA) is 12.0 Å². The van der Waals surface area contributed by atoms with Crippen molar-refractivity contribution < 1.29 is 4.39 Å². The van der Waals surface area contributed by atoms with Gasteiger partial charge in [0.25, 0.3) is 0 Å². The summed E-state index contributed by atoms with van der Waals surface area (Å²) >= 11 is 16.0. The second kappa shape index (κ2) is 6.90. The van der Waals surface area contributed by atoms with Crippen molar-refractivity contribution in [2.45, 2.75) is 13.0 Å². The van der Waals surface area contributed by atoms with E-state index in [0.717, 1.165) is 10.0 Å². The Kier molecular flexibility index (Phi) is 5.44. The fourth-order valence-electron chi connectivity index (χ4n) is 2.07. The van der Waals surface area contributed by atoms with E-state index in [-0.39, 0.29) is 11.9 Å². The molecular weight excluding hydrogens is 364 g/mol. The Labute approximate surface area is 136 Å². The van der Waals surface area contributed by atoms with E-state index in [1.807, 2.05) is 25.1 Å². The highest BCUT2D eigenvalue weighted by atomic mass is 79.9. The summed E-state index contributed by atoms with van der Waals surface area (Å²) in [5.41, 5.74) is 1.53. The summed E-state index contributed by atoms with van der Waals surface area (Å²) in [7, 11) is 0. The molecule has 0 bridgehead atoms. The molecule has 1 atom stereocenters. The van der Waals surface area contributed by atoms with Gasteiger partial charge in [0.1, 0.15) is 5.82 Å². The van der Waals surface area contributed by atoms with E-state index in [9.17, 15) is 4.39 Å². The van der Waals surface area contributed by atoms with E-state index < -0.39 is 0 Å². The third kappa shape index (κ3) is 3.34. The molecule has 0 spiro atoms. The number of rotatable bonds is 4. The Morgan fingerprint density at radius 2 is 1.95 bits per heavy atom. The van der Waals surface area contributed by atoms with Crippen molar-refractivity contribution in [3.63, 3.8) is 0 Å². The van der Waals surface area contributed by atoms with Crippen LogP contribution in [0.2, 0.25) is 10.0 Å². The molecule has 2 aromatic carbocycles. The molecular formula is C15H13BrCl2FN. The fraction of sp³-hybridized carbons (Fsp3) is 0.200. The van der Waals surface area contributed by atoms with Gasteiger partial charge in [-0.1, -0.05) is 42.3 Å². The van der Waals surface area contributed by atoms with Crippen molar-refractivity contribution in [1.82, 2.24) is 5.32 Å². The van der Waals surface area contributed by atoms with E-state index in [4.69, 9.17) is 23.2 Å². The van der Waals surface area contributed by atoms with Crippen molar-refractivity contribution in [2.24, 2.45) is 0 Å². The highest BCUT2D eigenvalue weighted by Gasteiger charge is 2.20. The van der Waals surface area contributed by atoms with Gasteiger partial charge in [-0.3, -0.25) is 0 Å². The van der Waals surface area contributed by atoms with Crippen LogP contribution in [0, 0.1) is 5.82 Å². The normalized spacial score (nSPS) is 12.4. The highest BCUT2D eigenvalue weighted by molar-refractivity contribution is 9.10. The first-order valence-corrected chi connectivity index (χ1v) is 7.71. The second-order valence-electron chi connectivity index (χ2n) is 4.30. The van der Waals surface area contributed by atoms with Crippen LogP contribution >= 0.6 is 39.1 Å². The Hall–Kier alpha value is -0.610. The molecule has 20 heavy (non-hydrogen) atoms. The number of benzene rings is 2. The standard InChI is InChI=1S/C15H13BrCl2FN/c1-2-20-15(10-4-3-5-12(16)14(10)18)11-8-9(19)6-7-13(11)17/h3-8,15,20H,2H2,1H3. The average Bonchev–Trinajstić information content (AvgIpc) is 2.43. The molecule has 0 amide bonds. The lowest BCUT2D eigenvalue weighted by molar-refractivity contribution is 0.603. The summed E-state index contributed by atoms with van der Waals surface area (Å²) in [6.45, 7) is 2.69. The molecule has 1 unspecified atom stereocenters. The van der Waals surface area contributed by atoms with Gasteiger partial charge in [-0.25, -0.2) is 4.39 Å². The maximum atomic E-state index is 13.5. The van der Waals surface area contributed by atoms with Crippen LogP contribution in [0.5, 0.6) is 0 Å². The fourth-order valence-corrected chi connectivity index (χ4v) is 2.91. The van der Waals surface area contributed by atoms with Gasteiger partial charge < -0.3 is 5.32 Å². The van der Waals surface area contributed by atoms with Gasteiger partial charge in [-0.2, -0.15) is 0 Å². The summed E-state index contributed by atoms with van der Waals surface area (Å²) in [6, 6.07) is 9.74. The second-order valence-corrected chi connectivity index (χ2v) is 5.94. The molecule has 0 fully saturated rings. The number of nitrogens with one attached hydrogen (secondary N) is 1. The van der Waals surface area contributed by atoms with Crippen LogP contribution in [0.3, 0.4) is 0 Å². The van der Waals surface area contributed by atoms with Crippen molar-refractivity contribution in [3.8, 4) is 0 Å². The molecule has 1 N–H and O–H groups in total. The van der Waals surface area contributed by atoms with Gasteiger partial charge in [0, 0.05) is 9.50 Å². The zero-order valence-corrected chi connectivity index (χ0v) is 13.9. The molecule has 0 radical (unpaired) electrons. The molecule has 2 aromatic rings. The zero-order chi connectivity index (χ0) is 14.7. The molecule has 2 rings (SSSR count). The Morgan fingerprint density at radius 1 is 1.20 bits per heavy atom. The largest absolute Gasteiger partial charge is 0.306 e. The van der Waals surface area contributed by atoms with E-state index in [1.54, 1.807) is 6.07 Å². The molecule has 0 aliphatic rings. The minimum absolute atomic E-state index is 0.256. The predicted molar refractivity (Wildman–Crippen MR) is 86.1 cm³/mol. The Balaban J connectivity index is 2.56. The number of hydrogen-bond acceptors (Lipinski definition) is 1. The van der Waals surface area contributed by atoms with Crippen molar-refractivity contribution >= 4 is 39.1 Å². The summed E-state index contributed by atoms with van der Waals surface area (Å²) in [4.78, 5) is 0. The molecule has 1 nitrogen and oxygen atoms in total. The summed E-state index contributed by atoms with van der Waals surface area (Å²) in [5.74, 6) is -0.321. The van der Waals surface area contributed by atoms with E-state index in [1.165, 1.54) is 12.1 Å². The van der Waals surface area contributed by atoms with Crippen LogP contribution in [0.4, 0.5) is 4.39 Å². The van der Waals surface area contributed by atoms with Gasteiger partial charge >= 0.3 is 0 Å². The molecule has 0 heterocycles.